The lowest BCUT2D eigenvalue weighted by Crippen LogP contribution is -2.06. The summed E-state index contributed by atoms with van der Waals surface area (Å²) in [6.07, 6.45) is 0.314. The largest absolute Gasteiger partial charge is 0.379 e. The van der Waals surface area contributed by atoms with Gasteiger partial charge >= 0.3 is 0 Å². The molecule has 0 fully saturated rings. The molecule has 0 aromatic heterocycles. The quantitative estimate of drug-likeness (QED) is 0.477. The Morgan fingerprint density at radius 2 is 2.23 bits per heavy atom. The van der Waals surface area contributed by atoms with Crippen molar-refractivity contribution in [2.45, 2.75) is 13.3 Å². The molecular weight excluding hydrogens is 191 g/mol. The topological polar surface area (TPSA) is 77.5 Å². The van der Waals surface area contributed by atoms with E-state index in [1.54, 1.807) is 0 Å². The van der Waals surface area contributed by atoms with Gasteiger partial charge in [0.25, 0.3) is 8.53 Å². The molecule has 76 valence electrons. The number of hydrogen-bond acceptors (Lipinski definition) is 5. The van der Waals surface area contributed by atoms with Crippen molar-refractivity contribution >= 4 is 8.53 Å². The molecule has 0 spiro atoms. The van der Waals surface area contributed by atoms with Crippen LogP contribution in [0.2, 0.25) is 0 Å². The van der Waals surface area contributed by atoms with E-state index in [-0.39, 0.29) is 6.90 Å². The minimum Gasteiger partial charge on any atom is -0.379 e. The highest BCUT2D eigenvalue weighted by Crippen LogP contribution is 2.27. The third-order valence-electron chi connectivity index (χ3n) is 1.02. The lowest BCUT2D eigenvalue weighted by molar-refractivity contribution is 0.107. The summed E-state index contributed by atoms with van der Waals surface area (Å²) >= 11 is 0. The van der Waals surface area contributed by atoms with Crippen LogP contribution in [0, 0.1) is 11.3 Å². The van der Waals surface area contributed by atoms with Crippen LogP contribution < -0.4 is 5.50 Å². The maximum Gasteiger partial charge on any atom is 0.253 e. The summed E-state index contributed by atoms with van der Waals surface area (Å²) in [5.74, 6) is 0. The number of ether oxygens (including phenoxy) is 1. The average Bonchev–Trinajstić information content (AvgIpc) is 2.18. The van der Waals surface area contributed by atoms with Gasteiger partial charge in [0.2, 0.25) is 0 Å². The molecular formula is C7H15N2O3P. The lowest BCUT2D eigenvalue weighted by atomic mass is 10.5. The summed E-state index contributed by atoms with van der Waals surface area (Å²) in [6, 6.07) is 1.94. The molecule has 0 aliphatic heterocycles. The zero-order valence-electron chi connectivity index (χ0n) is 8.44. The Morgan fingerprint density at radius 1 is 1.46 bits per heavy atom. The van der Waals surface area contributed by atoms with Crippen molar-refractivity contribution in [3.8, 4) is 6.07 Å². The van der Waals surface area contributed by atoms with Crippen LogP contribution in [0.1, 0.15) is 14.7 Å². The summed E-state index contributed by atoms with van der Waals surface area (Å²) in [5, 5.41) is 8.21. The van der Waals surface area contributed by atoms with E-state index >= 15 is 0 Å². The minimum atomic E-state index is -1.39. The molecule has 0 heterocycles. The normalized spacial score (nSPS) is 13.4. The highest BCUT2D eigenvalue weighted by atomic mass is 31.2. The number of hydrogen-bond donors (Lipinski definition) is 1. The second kappa shape index (κ2) is 9.85. The van der Waals surface area contributed by atoms with E-state index in [2.05, 4.69) is 0 Å². The predicted molar refractivity (Wildman–Crippen MR) is 49.7 cm³/mol. The molecule has 0 radical (unpaired) electrons. The van der Waals surface area contributed by atoms with Crippen LogP contribution in [0.3, 0.4) is 0 Å². The molecule has 0 aromatic carbocycles. The third kappa shape index (κ3) is 9.68. The maximum absolute atomic E-state index is 8.21. The minimum absolute atomic E-state index is 0.246. The number of nitrogens with two attached hydrogens (primary N) is 1. The molecule has 0 saturated heterocycles. The monoisotopic (exact) mass is 207 g/mol. The van der Waals surface area contributed by atoms with Crippen LogP contribution in [0.15, 0.2) is 0 Å². The maximum atomic E-state index is 8.21. The summed E-state index contributed by atoms with van der Waals surface area (Å²) < 4.78 is 21.8. The lowest BCUT2D eigenvalue weighted by Gasteiger charge is -2.10. The van der Waals surface area contributed by atoms with E-state index in [1.165, 1.54) is 0 Å². The van der Waals surface area contributed by atoms with E-state index < -0.39 is 8.53 Å². The number of rotatable bonds is 8. The second-order valence-electron chi connectivity index (χ2n) is 1.97. The molecule has 0 aliphatic carbocycles. The van der Waals surface area contributed by atoms with Gasteiger partial charge in [0.1, 0.15) is 0 Å². The highest BCUT2D eigenvalue weighted by Gasteiger charge is 2.02. The van der Waals surface area contributed by atoms with E-state index in [4.69, 9.17) is 25.9 Å². The van der Waals surface area contributed by atoms with Crippen molar-refractivity contribution in [2.75, 3.05) is 26.4 Å². The van der Waals surface area contributed by atoms with Crippen molar-refractivity contribution in [2.24, 2.45) is 5.50 Å². The summed E-state index contributed by atoms with van der Waals surface area (Å²) in [6.45, 7) is 1.72. The Kier molecular flexibility index (Phi) is 8.21. The molecule has 1 unspecified atom stereocenters. The van der Waals surface area contributed by atoms with Gasteiger partial charge in [-0.25, -0.2) is 0 Å². The Bertz CT molecular complexity index is 168. The molecule has 0 rings (SSSR count). The Hall–Kier alpha value is -0.240. The van der Waals surface area contributed by atoms with Gasteiger partial charge in [0, 0.05) is 7.98 Å². The summed E-state index contributed by atoms with van der Waals surface area (Å²) in [4.78, 5) is 0. The summed E-state index contributed by atoms with van der Waals surface area (Å²) in [5.41, 5.74) is 5.45. The Morgan fingerprint density at radius 3 is 2.92 bits per heavy atom. The van der Waals surface area contributed by atoms with Crippen molar-refractivity contribution in [3.05, 3.63) is 0 Å². The van der Waals surface area contributed by atoms with Gasteiger partial charge in [0.15, 0.2) is 0 Å². The summed E-state index contributed by atoms with van der Waals surface area (Å²) in [7, 11) is -1.39. The SMILES string of the molecule is [2H]CCOCCOP(N)OCCC#N. The molecule has 2 N–H and O–H groups in total. The van der Waals surface area contributed by atoms with Gasteiger partial charge in [-0.15, -0.1) is 0 Å². The zero-order valence-corrected chi connectivity index (χ0v) is 8.33. The first-order valence-corrected chi connectivity index (χ1v) is 5.10. The van der Waals surface area contributed by atoms with Gasteiger partial charge < -0.3 is 13.8 Å². The first-order valence-electron chi connectivity index (χ1n) is 4.56. The van der Waals surface area contributed by atoms with Crippen LogP contribution >= 0.6 is 8.53 Å². The van der Waals surface area contributed by atoms with Crippen LogP contribution in [0.4, 0.5) is 0 Å². The van der Waals surface area contributed by atoms with Gasteiger partial charge in [0.05, 0.1) is 32.3 Å². The number of nitrogens with zero attached hydrogens (tertiary/aromatic N) is 1. The second-order valence-corrected chi connectivity index (χ2v) is 3.06. The highest BCUT2D eigenvalue weighted by molar-refractivity contribution is 7.44. The smallest absolute Gasteiger partial charge is 0.253 e. The molecule has 0 aliphatic rings. The fourth-order valence-corrected chi connectivity index (χ4v) is 1.11. The zero-order chi connectivity index (χ0) is 10.6. The Labute approximate surface area is 81.1 Å². The van der Waals surface area contributed by atoms with Gasteiger partial charge in [-0.2, -0.15) is 5.26 Å². The van der Waals surface area contributed by atoms with Gasteiger partial charge in [-0.3, -0.25) is 5.50 Å². The molecule has 0 amide bonds. The van der Waals surface area contributed by atoms with E-state index in [9.17, 15) is 0 Å². The van der Waals surface area contributed by atoms with E-state index in [1.807, 2.05) is 6.07 Å². The van der Waals surface area contributed by atoms with Crippen molar-refractivity contribution in [1.82, 2.24) is 0 Å². The van der Waals surface area contributed by atoms with Crippen molar-refractivity contribution < 1.29 is 15.2 Å². The molecule has 5 nitrogen and oxygen atoms in total. The van der Waals surface area contributed by atoms with E-state index in [0.29, 0.717) is 32.8 Å². The van der Waals surface area contributed by atoms with Gasteiger partial charge in [-0.05, 0) is 6.90 Å². The van der Waals surface area contributed by atoms with Gasteiger partial charge in [-0.1, -0.05) is 0 Å². The first-order chi connectivity index (χ1) is 6.81. The van der Waals surface area contributed by atoms with Crippen molar-refractivity contribution in [3.63, 3.8) is 0 Å². The fourth-order valence-electron chi connectivity index (χ4n) is 0.507. The fraction of sp³-hybridized carbons (Fsp3) is 0.857. The Balaban J connectivity index is 3.10. The van der Waals surface area contributed by atoms with Crippen LogP contribution in [0.25, 0.3) is 0 Å². The van der Waals surface area contributed by atoms with Crippen LogP contribution in [-0.4, -0.2) is 26.4 Å². The molecule has 0 saturated carbocycles. The molecule has 0 bridgehead atoms. The molecule has 0 aromatic rings. The third-order valence-corrected chi connectivity index (χ3v) is 1.90. The standard InChI is InChI=1S/C7H15N2O3P/c1-2-10-6-7-12-13(9)11-5-3-4-8/h2-3,5-7,9H2,1H3/i1D. The average molecular weight is 207 g/mol. The number of nitriles is 1. The molecule has 13 heavy (non-hydrogen) atoms. The first kappa shape index (κ1) is 10.8. The molecule has 6 heteroatoms. The molecule has 1 atom stereocenters. The van der Waals surface area contributed by atoms with E-state index in [0.717, 1.165) is 0 Å². The predicted octanol–water partition coefficient (Wildman–Crippen LogP) is 1.16. The van der Waals surface area contributed by atoms with Crippen LogP contribution in [-0.2, 0) is 13.8 Å². The van der Waals surface area contributed by atoms with Crippen LogP contribution in [0.5, 0.6) is 0 Å². The van der Waals surface area contributed by atoms with Crippen molar-refractivity contribution in [1.29, 1.82) is 5.26 Å².